The molecular formula is C9H11FO. The maximum atomic E-state index is 12.9. The van der Waals surface area contributed by atoms with E-state index in [1.165, 1.54) is 0 Å². The van der Waals surface area contributed by atoms with Crippen LogP contribution >= 0.6 is 0 Å². The second-order valence-electron chi connectivity index (χ2n) is 2.82. The maximum absolute atomic E-state index is 12.9. The van der Waals surface area contributed by atoms with E-state index < -0.39 is 5.85 Å². The quantitative estimate of drug-likeness (QED) is 0.657. The third-order valence-corrected chi connectivity index (χ3v) is 1.54. The summed E-state index contributed by atoms with van der Waals surface area (Å²) in [5.74, 6) is -2.22. The van der Waals surface area contributed by atoms with Crippen molar-refractivity contribution in [3.05, 3.63) is 35.4 Å². The van der Waals surface area contributed by atoms with Gasteiger partial charge >= 0.3 is 0 Å². The van der Waals surface area contributed by atoms with E-state index in [1.54, 1.807) is 18.2 Å². The molecule has 0 amide bonds. The van der Waals surface area contributed by atoms with Gasteiger partial charge in [-0.2, -0.15) is 0 Å². The molecule has 60 valence electrons. The van der Waals surface area contributed by atoms with E-state index in [-0.39, 0.29) is 0 Å². The Bertz CT molecular complexity index is 250. The number of hydrogen-bond donors (Lipinski definition) is 1. The van der Waals surface area contributed by atoms with Crippen LogP contribution in [-0.2, 0) is 5.85 Å². The molecule has 0 aromatic heterocycles. The lowest BCUT2D eigenvalue weighted by atomic mass is 10.1. The molecule has 0 fully saturated rings. The molecule has 1 nitrogen and oxygen atoms in total. The summed E-state index contributed by atoms with van der Waals surface area (Å²) in [5.41, 5.74) is 1.25. The lowest BCUT2D eigenvalue weighted by Crippen LogP contribution is -2.13. The second kappa shape index (κ2) is 2.62. The Morgan fingerprint density at radius 3 is 2.45 bits per heavy atom. The van der Waals surface area contributed by atoms with Crippen LogP contribution in [0.5, 0.6) is 0 Å². The van der Waals surface area contributed by atoms with Gasteiger partial charge in [0.25, 0.3) is 0 Å². The highest BCUT2D eigenvalue weighted by Crippen LogP contribution is 2.21. The lowest BCUT2D eigenvalue weighted by Gasteiger charge is -2.13. The Morgan fingerprint density at radius 2 is 2.09 bits per heavy atom. The first-order valence-electron chi connectivity index (χ1n) is 3.48. The molecular weight excluding hydrogens is 143 g/mol. The Balaban J connectivity index is 3.06. The minimum absolute atomic E-state index is 0.303. The van der Waals surface area contributed by atoms with Crippen LogP contribution in [0.25, 0.3) is 0 Å². The highest BCUT2D eigenvalue weighted by molar-refractivity contribution is 5.25. The topological polar surface area (TPSA) is 20.2 Å². The molecule has 0 saturated carbocycles. The van der Waals surface area contributed by atoms with Gasteiger partial charge in [-0.1, -0.05) is 29.8 Å². The maximum Gasteiger partial charge on any atom is 0.230 e. The minimum atomic E-state index is -2.22. The van der Waals surface area contributed by atoms with Crippen molar-refractivity contribution in [3.63, 3.8) is 0 Å². The molecule has 0 aliphatic carbocycles. The van der Waals surface area contributed by atoms with Crippen LogP contribution in [-0.4, -0.2) is 5.11 Å². The van der Waals surface area contributed by atoms with Gasteiger partial charge < -0.3 is 5.11 Å². The summed E-state index contributed by atoms with van der Waals surface area (Å²) < 4.78 is 12.9. The fraction of sp³-hybridized carbons (Fsp3) is 0.333. The number of rotatable bonds is 1. The highest BCUT2D eigenvalue weighted by atomic mass is 19.2. The van der Waals surface area contributed by atoms with Crippen LogP contribution in [0.1, 0.15) is 18.1 Å². The summed E-state index contributed by atoms with van der Waals surface area (Å²) in [4.78, 5) is 0. The van der Waals surface area contributed by atoms with Crippen molar-refractivity contribution >= 4 is 0 Å². The van der Waals surface area contributed by atoms with Crippen LogP contribution in [0.3, 0.4) is 0 Å². The van der Waals surface area contributed by atoms with Gasteiger partial charge in [0.05, 0.1) is 0 Å². The Labute approximate surface area is 65.5 Å². The molecule has 11 heavy (non-hydrogen) atoms. The monoisotopic (exact) mass is 154 g/mol. The van der Waals surface area contributed by atoms with Gasteiger partial charge in [0, 0.05) is 5.56 Å². The largest absolute Gasteiger partial charge is 0.358 e. The number of alkyl halides is 1. The van der Waals surface area contributed by atoms with Gasteiger partial charge in [-0.05, 0) is 13.8 Å². The average molecular weight is 154 g/mol. The predicted octanol–water partition coefficient (Wildman–Crippen LogP) is 2.13. The van der Waals surface area contributed by atoms with E-state index >= 15 is 0 Å². The van der Waals surface area contributed by atoms with Crippen molar-refractivity contribution in [2.45, 2.75) is 19.7 Å². The zero-order chi connectivity index (χ0) is 8.48. The molecule has 0 aliphatic rings. The van der Waals surface area contributed by atoms with Crippen molar-refractivity contribution < 1.29 is 9.50 Å². The molecule has 0 radical (unpaired) electrons. The summed E-state index contributed by atoms with van der Waals surface area (Å²) in [6.07, 6.45) is 0. The summed E-state index contributed by atoms with van der Waals surface area (Å²) in [6.45, 7) is 2.98. The molecule has 1 unspecified atom stereocenters. The molecule has 0 aliphatic heterocycles. The van der Waals surface area contributed by atoms with Crippen molar-refractivity contribution in [2.75, 3.05) is 0 Å². The predicted molar refractivity (Wildman–Crippen MR) is 41.9 cm³/mol. The van der Waals surface area contributed by atoms with Crippen molar-refractivity contribution in [1.82, 2.24) is 0 Å². The highest BCUT2D eigenvalue weighted by Gasteiger charge is 2.20. The number of aryl methyl sites for hydroxylation is 1. The van der Waals surface area contributed by atoms with Gasteiger partial charge in [-0.3, -0.25) is 0 Å². The zero-order valence-electron chi connectivity index (χ0n) is 6.63. The summed E-state index contributed by atoms with van der Waals surface area (Å²) in [5, 5.41) is 8.95. The third-order valence-electron chi connectivity index (χ3n) is 1.54. The second-order valence-corrected chi connectivity index (χ2v) is 2.82. The van der Waals surface area contributed by atoms with Crippen LogP contribution in [0.4, 0.5) is 4.39 Å². The van der Waals surface area contributed by atoms with Crippen molar-refractivity contribution in [3.8, 4) is 0 Å². The first-order valence-corrected chi connectivity index (χ1v) is 3.48. The van der Waals surface area contributed by atoms with Crippen molar-refractivity contribution in [2.24, 2.45) is 0 Å². The van der Waals surface area contributed by atoms with Crippen molar-refractivity contribution in [1.29, 1.82) is 0 Å². The molecule has 0 bridgehead atoms. The Kier molecular flexibility index (Phi) is 1.96. The molecule has 1 aromatic rings. The molecule has 0 spiro atoms. The summed E-state index contributed by atoms with van der Waals surface area (Å²) in [7, 11) is 0. The molecule has 0 heterocycles. The van der Waals surface area contributed by atoms with Crippen LogP contribution in [0, 0.1) is 6.92 Å². The summed E-state index contributed by atoms with van der Waals surface area (Å²) >= 11 is 0. The minimum Gasteiger partial charge on any atom is -0.358 e. The van der Waals surface area contributed by atoms with Gasteiger partial charge in [0.1, 0.15) is 0 Å². The van der Waals surface area contributed by atoms with Crippen LogP contribution < -0.4 is 0 Å². The van der Waals surface area contributed by atoms with E-state index in [1.807, 2.05) is 13.0 Å². The standard InChI is InChI=1S/C9H11FO/c1-7-4-3-5-8(6-7)9(2,10)11/h3-6,11H,1-2H3. The van der Waals surface area contributed by atoms with E-state index in [9.17, 15) is 4.39 Å². The van der Waals surface area contributed by atoms with Crippen LogP contribution in [0.15, 0.2) is 24.3 Å². The first-order chi connectivity index (χ1) is 5.00. The van der Waals surface area contributed by atoms with E-state index in [0.717, 1.165) is 12.5 Å². The fourth-order valence-electron chi connectivity index (χ4n) is 0.929. The van der Waals surface area contributed by atoms with Crippen LogP contribution in [0.2, 0.25) is 0 Å². The number of benzene rings is 1. The smallest absolute Gasteiger partial charge is 0.230 e. The molecule has 1 atom stereocenters. The first kappa shape index (κ1) is 8.21. The van der Waals surface area contributed by atoms with Gasteiger partial charge in [-0.15, -0.1) is 0 Å². The van der Waals surface area contributed by atoms with Gasteiger partial charge in [0.2, 0.25) is 5.85 Å². The Hall–Kier alpha value is -0.890. The van der Waals surface area contributed by atoms with Gasteiger partial charge in [-0.25, -0.2) is 4.39 Å². The third kappa shape index (κ3) is 2.02. The zero-order valence-corrected chi connectivity index (χ0v) is 6.63. The number of hydrogen-bond acceptors (Lipinski definition) is 1. The van der Waals surface area contributed by atoms with E-state index in [4.69, 9.17) is 5.11 Å². The van der Waals surface area contributed by atoms with E-state index in [2.05, 4.69) is 0 Å². The average Bonchev–Trinajstić information content (AvgIpc) is 1.86. The SMILES string of the molecule is Cc1cccc(C(C)(O)F)c1. The normalized spacial score (nSPS) is 16.0. The molecule has 1 rings (SSSR count). The van der Waals surface area contributed by atoms with Gasteiger partial charge in [0.15, 0.2) is 0 Å². The lowest BCUT2D eigenvalue weighted by molar-refractivity contribution is -0.0769. The fourth-order valence-corrected chi connectivity index (χ4v) is 0.929. The number of aliphatic hydroxyl groups is 1. The number of halogens is 1. The van der Waals surface area contributed by atoms with E-state index in [0.29, 0.717) is 5.56 Å². The Morgan fingerprint density at radius 1 is 1.45 bits per heavy atom. The molecule has 0 saturated heterocycles. The molecule has 1 N–H and O–H groups in total. The molecule has 1 aromatic carbocycles. The molecule has 2 heteroatoms. The summed E-state index contributed by atoms with van der Waals surface area (Å²) in [6, 6.07) is 6.76.